The summed E-state index contributed by atoms with van der Waals surface area (Å²) in [5, 5.41) is 2.84. The summed E-state index contributed by atoms with van der Waals surface area (Å²) in [6, 6.07) is 19.2. The molecule has 6 nitrogen and oxygen atoms in total. The Morgan fingerprint density at radius 3 is 2.23 bits per heavy atom. The molecule has 0 saturated heterocycles. The molecular weight excluding hydrogens is 382 g/mol. The van der Waals surface area contributed by atoms with Crippen molar-refractivity contribution < 1.29 is 23.8 Å². The van der Waals surface area contributed by atoms with Crippen molar-refractivity contribution in [2.24, 2.45) is 0 Å². The minimum atomic E-state index is -0.424. The molecular formula is C24H19NO5. The fourth-order valence-electron chi connectivity index (χ4n) is 3.20. The lowest BCUT2D eigenvalue weighted by Crippen LogP contribution is -2.07. The van der Waals surface area contributed by atoms with Crippen LogP contribution < -0.4 is 19.5 Å². The Morgan fingerprint density at radius 2 is 1.57 bits per heavy atom. The van der Waals surface area contributed by atoms with E-state index in [1.807, 2.05) is 6.07 Å². The van der Waals surface area contributed by atoms with Crippen molar-refractivity contribution in [3.8, 4) is 17.2 Å². The van der Waals surface area contributed by atoms with E-state index in [0.717, 1.165) is 11.1 Å². The summed E-state index contributed by atoms with van der Waals surface area (Å²) in [5.74, 6) is 0.879. The van der Waals surface area contributed by atoms with Crippen LogP contribution in [0.4, 0.5) is 5.69 Å². The van der Waals surface area contributed by atoms with Gasteiger partial charge in [0.05, 0.1) is 25.5 Å². The highest BCUT2D eigenvalue weighted by molar-refractivity contribution is 6.35. The van der Waals surface area contributed by atoms with Crippen LogP contribution in [0, 0.1) is 0 Å². The first-order valence-corrected chi connectivity index (χ1v) is 9.26. The van der Waals surface area contributed by atoms with Crippen molar-refractivity contribution in [3.05, 3.63) is 83.4 Å². The molecule has 0 fully saturated rings. The highest BCUT2D eigenvalue weighted by Crippen LogP contribution is 2.41. The number of methoxy groups -OCH3 is 2. The van der Waals surface area contributed by atoms with Crippen LogP contribution in [0.3, 0.4) is 0 Å². The van der Waals surface area contributed by atoms with Crippen LogP contribution in [0.15, 0.2) is 66.7 Å². The lowest BCUT2D eigenvalue weighted by Gasteiger charge is -2.09. The van der Waals surface area contributed by atoms with Gasteiger partial charge in [0.1, 0.15) is 5.75 Å². The molecule has 0 atom stereocenters. The third-order valence-electron chi connectivity index (χ3n) is 4.72. The van der Waals surface area contributed by atoms with E-state index in [9.17, 15) is 9.59 Å². The predicted molar refractivity (Wildman–Crippen MR) is 114 cm³/mol. The van der Waals surface area contributed by atoms with Crippen molar-refractivity contribution in [2.75, 3.05) is 19.5 Å². The Bertz CT molecular complexity index is 1130. The van der Waals surface area contributed by atoms with Crippen LogP contribution in [-0.2, 0) is 4.79 Å². The van der Waals surface area contributed by atoms with Gasteiger partial charge in [-0.25, -0.2) is 4.79 Å². The third kappa shape index (κ3) is 3.75. The molecule has 0 spiro atoms. The zero-order valence-corrected chi connectivity index (χ0v) is 16.5. The summed E-state index contributed by atoms with van der Waals surface area (Å²) in [4.78, 5) is 24.6. The second kappa shape index (κ2) is 8.13. The molecule has 1 heterocycles. The average molecular weight is 401 g/mol. The number of fused-ring (bicyclic) bond motifs is 1. The van der Waals surface area contributed by atoms with Gasteiger partial charge in [-0.05, 0) is 42.0 Å². The topological polar surface area (TPSA) is 73.9 Å². The molecule has 0 bridgehead atoms. The van der Waals surface area contributed by atoms with Gasteiger partial charge in [-0.15, -0.1) is 0 Å². The molecule has 0 radical (unpaired) electrons. The molecule has 3 aromatic rings. The van der Waals surface area contributed by atoms with Gasteiger partial charge in [0.2, 0.25) is 0 Å². The quantitative estimate of drug-likeness (QED) is 0.389. The van der Waals surface area contributed by atoms with E-state index in [2.05, 4.69) is 5.32 Å². The van der Waals surface area contributed by atoms with Crippen molar-refractivity contribution in [1.29, 1.82) is 0 Å². The van der Waals surface area contributed by atoms with Gasteiger partial charge in [0.25, 0.3) is 5.91 Å². The molecule has 1 aliphatic rings. The van der Waals surface area contributed by atoms with E-state index >= 15 is 0 Å². The number of esters is 1. The number of rotatable bonds is 5. The van der Waals surface area contributed by atoms with Gasteiger partial charge in [-0.2, -0.15) is 0 Å². The van der Waals surface area contributed by atoms with Crippen molar-refractivity contribution >= 4 is 29.2 Å². The molecule has 0 aromatic heterocycles. The van der Waals surface area contributed by atoms with Crippen molar-refractivity contribution in [1.82, 2.24) is 0 Å². The number of nitrogens with one attached hydrogen (secondary N) is 1. The zero-order chi connectivity index (χ0) is 21.1. The van der Waals surface area contributed by atoms with Crippen LogP contribution >= 0.6 is 0 Å². The zero-order valence-electron chi connectivity index (χ0n) is 16.5. The van der Waals surface area contributed by atoms with Crippen LogP contribution in [0.5, 0.6) is 17.2 Å². The maximum Gasteiger partial charge on any atom is 0.343 e. The van der Waals surface area contributed by atoms with E-state index in [0.29, 0.717) is 34.1 Å². The van der Waals surface area contributed by atoms with E-state index < -0.39 is 5.97 Å². The minimum Gasteiger partial charge on any atom is -0.493 e. The molecule has 0 unspecified atom stereocenters. The van der Waals surface area contributed by atoms with Crippen LogP contribution in [-0.4, -0.2) is 26.1 Å². The summed E-state index contributed by atoms with van der Waals surface area (Å²) in [6.45, 7) is 0. The summed E-state index contributed by atoms with van der Waals surface area (Å²) in [7, 11) is 3.09. The Kier molecular flexibility index (Phi) is 5.22. The van der Waals surface area contributed by atoms with Gasteiger partial charge < -0.3 is 19.5 Å². The molecule has 6 heteroatoms. The molecule has 3 aromatic carbocycles. The smallest absolute Gasteiger partial charge is 0.343 e. The van der Waals surface area contributed by atoms with Crippen LogP contribution in [0.2, 0.25) is 0 Å². The number of carbonyl (C=O) groups is 2. The Balaban J connectivity index is 1.57. The highest BCUT2D eigenvalue weighted by atomic mass is 16.5. The van der Waals surface area contributed by atoms with Crippen LogP contribution in [0.25, 0.3) is 11.6 Å². The molecule has 150 valence electrons. The van der Waals surface area contributed by atoms with Crippen molar-refractivity contribution in [3.63, 3.8) is 0 Å². The maximum atomic E-state index is 12.5. The number of hydrogen-bond donors (Lipinski definition) is 1. The normalized spacial score (nSPS) is 13.5. The Morgan fingerprint density at radius 1 is 0.900 bits per heavy atom. The third-order valence-corrected chi connectivity index (χ3v) is 4.72. The lowest BCUT2D eigenvalue weighted by molar-refractivity contribution is -0.110. The predicted octanol–water partition coefficient (Wildman–Crippen LogP) is 4.42. The van der Waals surface area contributed by atoms with Gasteiger partial charge in [-0.3, -0.25) is 4.79 Å². The second-order valence-electron chi connectivity index (χ2n) is 6.59. The van der Waals surface area contributed by atoms with Gasteiger partial charge in [0, 0.05) is 17.2 Å². The first-order chi connectivity index (χ1) is 14.6. The number of carbonyl (C=O) groups excluding carboxylic acids is 2. The Hall–Kier alpha value is -4.06. The Labute approximate surface area is 173 Å². The molecule has 1 amide bonds. The van der Waals surface area contributed by atoms with Crippen molar-refractivity contribution in [2.45, 2.75) is 0 Å². The van der Waals surface area contributed by atoms with Crippen LogP contribution in [0.1, 0.15) is 21.5 Å². The van der Waals surface area contributed by atoms with E-state index in [1.165, 1.54) is 0 Å². The average Bonchev–Trinajstić information content (AvgIpc) is 3.08. The summed E-state index contributed by atoms with van der Waals surface area (Å²) < 4.78 is 16.0. The molecule has 0 aliphatic carbocycles. The molecule has 4 rings (SSSR count). The van der Waals surface area contributed by atoms with Gasteiger partial charge in [0.15, 0.2) is 11.5 Å². The number of hydrogen-bond acceptors (Lipinski definition) is 5. The van der Waals surface area contributed by atoms with Gasteiger partial charge >= 0.3 is 5.97 Å². The standard InChI is InChI=1S/C24H19NO5/c1-28-21-13-18-19(23(26)25-20(18)14-22(21)29-2)12-15-8-10-17(11-9-15)30-24(27)16-6-4-3-5-7-16/h3-14H,1-2H3,(H,25,26)/b19-12+. The first-order valence-electron chi connectivity index (χ1n) is 9.26. The minimum absolute atomic E-state index is 0.208. The molecule has 0 saturated carbocycles. The summed E-state index contributed by atoms with van der Waals surface area (Å²) in [6.07, 6.45) is 1.77. The number of anilines is 1. The van der Waals surface area contributed by atoms with Gasteiger partial charge in [-0.1, -0.05) is 30.3 Å². The highest BCUT2D eigenvalue weighted by Gasteiger charge is 2.26. The number of amides is 1. The molecule has 1 aliphatic heterocycles. The maximum absolute atomic E-state index is 12.5. The first kappa shape index (κ1) is 19.3. The summed E-state index contributed by atoms with van der Waals surface area (Å²) >= 11 is 0. The molecule has 1 N–H and O–H groups in total. The number of benzene rings is 3. The monoisotopic (exact) mass is 401 g/mol. The van der Waals surface area contributed by atoms with E-state index in [4.69, 9.17) is 14.2 Å². The second-order valence-corrected chi connectivity index (χ2v) is 6.59. The largest absolute Gasteiger partial charge is 0.493 e. The fourth-order valence-corrected chi connectivity index (χ4v) is 3.20. The summed E-state index contributed by atoms with van der Waals surface area (Å²) in [5.41, 5.74) is 3.18. The fraction of sp³-hybridized carbons (Fsp3) is 0.0833. The number of ether oxygens (including phenoxy) is 3. The lowest BCUT2D eigenvalue weighted by atomic mass is 10.0. The SMILES string of the molecule is COc1cc2c(cc1OC)/C(=C\c1ccc(OC(=O)c3ccccc3)cc1)C(=O)N2. The van der Waals surface area contributed by atoms with E-state index in [-0.39, 0.29) is 5.91 Å². The van der Waals surface area contributed by atoms with E-state index in [1.54, 1.807) is 81.0 Å². The molecule has 30 heavy (non-hydrogen) atoms.